The fourth-order valence-corrected chi connectivity index (χ4v) is 1.51. The monoisotopic (exact) mass is 235 g/mol. The van der Waals surface area contributed by atoms with Crippen molar-refractivity contribution < 1.29 is 4.79 Å². The van der Waals surface area contributed by atoms with Gasteiger partial charge in [0.1, 0.15) is 0 Å². The summed E-state index contributed by atoms with van der Waals surface area (Å²) in [5.74, 6) is -0.0624. The SMILES string of the molecule is CCC(CN)NC(=O)c1ccc(N(C)C)cc1. The molecule has 1 aromatic rings. The zero-order valence-electron chi connectivity index (χ0n) is 10.7. The molecule has 0 fully saturated rings. The van der Waals surface area contributed by atoms with Gasteiger partial charge in [0.2, 0.25) is 0 Å². The molecular formula is C13H21N3O. The topological polar surface area (TPSA) is 58.4 Å². The molecule has 0 bridgehead atoms. The Hall–Kier alpha value is -1.55. The molecule has 0 spiro atoms. The van der Waals surface area contributed by atoms with E-state index in [1.807, 2.05) is 50.2 Å². The predicted octanol–water partition coefficient (Wildman–Crippen LogP) is 1.22. The van der Waals surface area contributed by atoms with E-state index in [4.69, 9.17) is 5.73 Å². The third-order valence-corrected chi connectivity index (χ3v) is 2.76. The molecule has 0 saturated heterocycles. The Balaban J connectivity index is 2.69. The van der Waals surface area contributed by atoms with Crippen molar-refractivity contribution in [2.24, 2.45) is 5.73 Å². The molecule has 3 N–H and O–H groups in total. The van der Waals surface area contributed by atoms with Crippen LogP contribution in [0, 0.1) is 0 Å². The summed E-state index contributed by atoms with van der Waals surface area (Å²) in [5.41, 5.74) is 7.30. The molecule has 1 unspecified atom stereocenters. The van der Waals surface area contributed by atoms with Crippen LogP contribution in [0.25, 0.3) is 0 Å². The molecular weight excluding hydrogens is 214 g/mol. The number of nitrogens with one attached hydrogen (secondary N) is 1. The Morgan fingerprint density at radius 2 is 1.94 bits per heavy atom. The Morgan fingerprint density at radius 3 is 2.35 bits per heavy atom. The normalized spacial score (nSPS) is 12.0. The van der Waals surface area contributed by atoms with Crippen molar-refractivity contribution in [2.45, 2.75) is 19.4 Å². The molecule has 1 amide bonds. The van der Waals surface area contributed by atoms with E-state index in [9.17, 15) is 4.79 Å². The van der Waals surface area contributed by atoms with Gasteiger partial charge in [0, 0.05) is 37.9 Å². The van der Waals surface area contributed by atoms with Crippen molar-refractivity contribution in [2.75, 3.05) is 25.5 Å². The van der Waals surface area contributed by atoms with Gasteiger partial charge in [0.25, 0.3) is 5.91 Å². The van der Waals surface area contributed by atoms with Crippen LogP contribution in [0.15, 0.2) is 24.3 Å². The molecule has 1 rings (SSSR count). The van der Waals surface area contributed by atoms with E-state index >= 15 is 0 Å². The number of rotatable bonds is 5. The van der Waals surface area contributed by atoms with Gasteiger partial charge in [0.15, 0.2) is 0 Å². The lowest BCUT2D eigenvalue weighted by Gasteiger charge is -2.16. The molecule has 1 aromatic carbocycles. The summed E-state index contributed by atoms with van der Waals surface area (Å²) in [6.45, 7) is 2.48. The Bertz CT molecular complexity index is 355. The standard InChI is InChI=1S/C13H21N3O/c1-4-11(9-14)15-13(17)10-5-7-12(8-6-10)16(2)3/h5-8,11H,4,9,14H2,1-3H3,(H,15,17). The van der Waals surface area contributed by atoms with E-state index in [1.54, 1.807) is 0 Å². The Morgan fingerprint density at radius 1 is 1.35 bits per heavy atom. The van der Waals surface area contributed by atoms with E-state index in [2.05, 4.69) is 5.32 Å². The summed E-state index contributed by atoms with van der Waals surface area (Å²) in [4.78, 5) is 13.9. The van der Waals surface area contributed by atoms with Gasteiger partial charge in [-0.15, -0.1) is 0 Å². The van der Waals surface area contributed by atoms with Crippen molar-refractivity contribution in [3.8, 4) is 0 Å². The first-order valence-electron chi connectivity index (χ1n) is 5.86. The predicted molar refractivity (Wildman–Crippen MR) is 71.4 cm³/mol. The zero-order valence-corrected chi connectivity index (χ0v) is 10.7. The molecule has 0 radical (unpaired) electrons. The molecule has 17 heavy (non-hydrogen) atoms. The minimum atomic E-state index is -0.0624. The van der Waals surface area contributed by atoms with Crippen molar-refractivity contribution in [3.63, 3.8) is 0 Å². The van der Waals surface area contributed by atoms with E-state index in [0.717, 1.165) is 12.1 Å². The molecule has 4 heteroatoms. The largest absolute Gasteiger partial charge is 0.378 e. The van der Waals surface area contributed by atoms with Gasteiger partial charge >= 0.3 is 0 Å². The number of hydrogen-bond donors (Lipinski definition) is 2. The van der Waals surface area contributed by atoms with E-state index < -0.39 is 0 Å². The van der Waals surface area contributed by atoms with Gasteiger partial charge in [-0.05, 0) is 30.7 Å². The Kier molecular flexibility index (Phi) is 4.97. The quantitative estimate of drug-likeness (QED) is 0.806. The molecule has 0 saturated carbocycles. The first-order valence-corrected chi connectivity index (χ1v) is 5.86. The summed E-state index contributed by atoms with van der Waals surface area (Å²) < 4.78 is 0. The number of carbonyl (C=O) groups excluding carboxylic acids is 1. The smallest absolute Gasteiger partial charge is 0.251 e. The summed E-state index contributed by atoms with van der Waals surface area (Å²) in [6.07, 6.45) is 0.845. The third-order valence-electron chi connectivity index (χ3n) is 2.76. The lowest BCUT2D eigenvalue weighted by molar-refractivity contribution is 0.0937. The van der Waals surface area contributed by atoms with E-state index in [1.165, 1.54) is 0 Å². The molecule has 0 aliphatic carbocycles. The second kappa shape index (κ2) is 6.25. The minimum absolute atomic E-state index is 0.0519. The average molecular weight is 235 g/mol. The highest BCUT2D eigenvalue weighted by atomic mass is 16.1. The third kappa shape index (κ3) is 3.75. The number of benzene rings is 1. The fraction of sp³-hybridized carbons (Fsp3) is 0.462. The number of anilines is 1. The highest BCUT2D eigenvalue weighted by molar-refractivity contribution is 5.94. The highest BCUT2D eigenvalue weighted by Crippen LogP contribution is 2.12. The van der Waals surface area contributed by atoms with Gasteiger partial charge in [0.05, 0.1) is 0 Å². The van der Waals surface area contributed by atoms with Gasteiger partial charge in [-0.25, -0.2) is 0 Å². The molecule has 0 aliphatic rings. The average Bonchev–Trinajstić information content (AvgIpc) is 2.35. The molecule has 0 aliphatic heterocycles. The zero-order chi connectivity index (χ0) is 12.8. The summed E-state index contributed by atoms with van der Waals surface area (Å²) in [6, 6.07) is 7.56. The maximum atomic E-state index is 11.9. The van der Waals surface area contributed by atoms with Gasteiger partial charge in [-0.1, -0.05) is 6.92 Å². The van der Waals surface area contributed by atoms with E-state index in [0.29, 0.717) is 12.1 Å². The number of carbonyl (C=O) groups is 1. The highest BCUT2D eigenvalue weighted by Gasteiger charge is 2.10. The van der Waals surface area contributed by atoms with Gasteiger partial charge < -0.3 is 16.0 Å². The maximum absolute atomic E-state index is 11.9. The fourth-order valence-electron chi connectivity index (χ4n) is 1.51. The number of nitrogens with zero attached hydrogens (tertiary/aromatic N) is 1. The van der Waals surface area contributed by atoms with Crippen LogP contribution >= 0.6 is 0 Å². The van der Waals surface area contributed by atoms with Crippen LogP contribution in [-0.4, -0.2) is 32.6 Å². The van der Waals surface area contributed by atoms with Crippen molar-refractivity contribution in [1.82, 2.24) is 5.32 Å². The summed E-state index contributed by atoms with van der Waals surface area (Å²) in [5, 5.41) is 2.90. The number of nitrogens with two attached hydrogens (primary N) is 1. The Labute approximate surface area is 103 Å². The van der Waals surface area contributed by atoms with Crippen LogP contribution in [0.1, 0.15) is 23.7 Å². The lowest BCUT2D eigenvalue weighted by Crippen LogP contribution is -2.39. The second-order valence-corrected chi connectivity index (χ2v) is 4.26. The molecule has 94 valence electrons. The number of hydrogen-bond acceptors (Lipinski definition) is 3. The van der Waals surface area contributed by atoms with Crippen molar-refractivity contribution in [3.05, 3.63) is 29.8 Å². The van der Waals surface area contributed by atoms with Crippen LogP contribution in [0.4, 0.5) is 5.69 Å². The van der Waals surface area contributed by atoms with Crippen molar-refractivity contribution >= 4 is 11.6 Å². The van der Waals surface area contributed by atoms with Crippen LogP contribution in [-0.2, 0) is 0 Å². The van der Waals surface area contributed by atoms with Crippen LogP contribution < -0.4 is 16.0 Å². The first-order chi connectivity index (χ1) is 8.08. The summed E-state index contributed by atoms with van der Waals surface area (Å²) >= 11 is 0. The van der Waals surface area contributed by atoms with Crippen LogP contribution in [0.2, 0.25) is 0 Å². The maximum Gasteiger partial charge on any atom is 0.251 e. The van der Waals surface area contributed by atoms with Crippen molar-refractivity contribution in [1.29, 1.82) is 0 Å². The van der Waals surface area contributed by atoms with Crippen LogP contribution in [0.3, 0.4) is 0 Å². The summed E-state index contributed by atoms with van der Waals surface area (Å²) in [7, 11) is 3.94. The van der Waals surface area contributed by atoms with Crippen LogP contribution in [0.5, 0.6) is 0 Å². The minimum Gasteiger partial charge on any atom is -0.378 e. The lowest BCUT2D eigenvalue weighted by atomic mass is 10.1. The second-order valence-electron chi connectivity index (χ2n) is 4.26. The number of amides is 1. The van der Waals surface area contributed by atoms with E-state index in [-0.39, 0.29) is 11.9 Å². The molecule has 0 heterocycles. The van der Waals surface area contributed by atoms with Gasteiger partial charge in [-0.2, -0.15) is 0 Å². The first kappa shape index (κ1) is 13.5. The molecule has 4 nitrogen and oxygen atoms in total. The molecule has 0 aromatic heterocycles. The molecule has 1 atom stereocenters. The van der Waals surface area contributed by atoms with Gasteiger partial charge in [-0.3, -0.25) is 4.79 Å².